The van der Waals surface area contributed by atoms with Crippen LogP contribution in [0.4, 0.5) is 13.2 Å². The molecule has 0 saturated carbocycles. The molecule has 2 aromatic carbocycles. The Kier molecular flexibility index (Phi) is 4.82. The van der Waals surface area contributed by atoms with Crippen molar-refractivity contribution in [2.24, 2.45) is 0 Å². The van der Waals surface area contributed by atoms with Crippen LogP contribution in [0.1, 0.15) is 27.2 Å². The van der Waals surface area contributed by atoms with Gasteiger partial charge in [0.2, 0.25) is 0 Å². The summed E-state index contributed by atoms with van der Waals surface area (Å²) in [4.78, 5) is 15.9. The van der Waals surface area contributed by atoms with E-state index < -0.39 is 17.7 Å². The van der Waals surface area contributed by atoms with Gasteiger partial charge in [-0.05, 0) is 48.0 Å². The second-order valence-electron chi connectivity index (χ2n) is 5.51. The third kappa shape index (κ3) is 3.94. The summed E-state index contributed by atoms with van der Waals surface area (Å²) in [6.45, 7) is 0. The molecule has 26 heavy (non-hydrogen) atoms. The van der Waals surface area contributed by atoms with Gasteiger partial charge in [0.1, 0.15) is 0 Å². The maximum atomic E-state index is 12.6. The number of benzene rings is 2. The van der Waals surface area contributed by atoms with Gasteiger partial charge in [0, 0.05) is 9.86 Å². The number of pyridine rings is 1. The fraction of sp³-hybridized carbons (Fsp3) is 0.0526. The van der Waals surface area contributed by atoms with Crippen LogP contribution in [0.3, 0.4) is 0 Å². The number of carboxylic acid groups (broad SMARTS) is 1. The molecule has 0 amide bonds. The number of fused-ring (bicyclic) bond motifs is 1. The van der Waals surface area contributed by atoms with Crippen LogP contribution in [0, 0.1) is 0 Å². The Hall–Kier alpha value is -2.67. The molecule has 1 aromatic heterocycles. The van der Waals surface area contributed by atoms with Crippen LogP contribution < -0.4 is 0 Å². The van der Waals surface area contributed by atoms with Gasteiger partial charge in [0.05, 0.1) is 22.3 Å². The molecule has 132 valence electrons. The normalized spacial score (nSPS) is 12.0. The lowest BCUT2D eigenvalue weighted by Gasteiger charge is -2.06. The summed E-state index contributed by atoms with van der Waals surface area (Å²) in [6, 6.07) is 11.2. The van der Waals surface area contributed by atoms with Crippen molar-refractivity contribution in [3.8, 4) is 0 Å². The molecule has 7 heteroatoms. The summed E-state index contributed by atoms with van der Waals surface area (Å²) >= 11 is 3.30. The molecule has 0 aliphatic carbocycles. The lowest BCUT2D eigenvalue weighted by molar-refractivity contribution is -0.137. The van der Waals surface area contributed by atoms with E-state index in [2.05, 4.69) is 20.9 Å². The number of halogens is 4. The van der Waals surface area contributed by atoms with Gasteiger partial charge in [-0.25, -0.2) is 9.78 Å². The van der Waals surface area contributed by atoms with Crippen molar-refractivity contribution in [2.45, 2.75) is 6.18 Å². The highest BCUT2D eigenvalue weighted by molar-refractivity contribution is 9.10. The first kappa shape index (κ1) is 18.1. The third-order valence-corrected chi connectivity index (χ3v) is 4.20. The molecule has 0 unspecified atom stereocenters. The second-order valence-corrected chi connectivity index (χ2v) is 6.43. The van der Waals surface area contributed by atoms with E-state index in [-0.39, 0.29) is 5.56 Å². The fourth-order valence-electron chi connectivity index (χ4n) is 2.45. The molecule has 0 atom stereocenters. The molecule has 0 aliphatic rings. The van der Waals surface area contributed by atoms with Crippen molar-refractivity contribution < 1.29 is 23.1 Å². The van der Waals surface area contributed by atoms with E-state index >= 15 is 0 Å². The van der Waals surface area contributed by atoms with Crippen molar-refractivity contribution in [1.29, 1.82) is 0 Å². The predicted molar refractivity (Wildman–Crippen MR) is 96.8 cm³/mol. The number of aromatic carboxylic acids is 1. The molecule has 0 radical (unpaired) electrons. The summed E-state index contributed by atoms with van der Waals surface area (Å²) in [6.07, 6.45) is -1.23. The van der Waals surface area contributed by atoms with Crippen molar-refractivity contribution >= 4 is 45.0 Å². The number of hydrogen-bond donors (Lipinski definition) is 1. The first-order chi connectivity index (χ1) is 12.2. The van der Waals surface area contributed by atoms with Crippen LogP contribution in [0.15, 0.2) is 53.0 Å². The van der Waals surface area contributed by atoms with Crippen LogP contribution in [0.2, 0.25) is 0 Å². The van der Waals surface area contributed by atoms with Gasteiger partial charge in [-0.2, -0.15) is 13.2 Å². The number of carboxylic acids is 1. The lowest BCUT2D eigenvalue weighted by atomic mass is 10.1. The maximum absolute atomic E-state index is 12.6. The standard InChI is InChI=1S/C19H11BrF3NO2/c20-13-6-8-17-15(9-13)16(18(25)26)10-14(24-17)7-3-11-1-4-12(5-2-11)19(21,22)23/h1-10H,(H,25,26)/b7-3+. The summed E-state index contributed by atoms with van der Waals surface area (Å²) in [5.41, 5.74) is 0.838. The highest BCUT2D eigenvalue weighted by Gasteiger charge is 2.29. The average Bonchev–Trinajstić information content (AvgIpc) is 2.59. The number of alkyl halides is 3. The molecule has 3 rings (SSSR count). The van der Waals surface area contributed by atoms with Crippen LogP contribution in [0.5, 0.6) is 0 Å². The molecule has 0 saturated heterocycles. The fourth-order valence-corrected chi connectivity index (χ4v) is 2.81. The zero-order valence-electron chi connectivity index (χ0n) is 13.1. The monoisotopic (exact) mass is 421 g/mol. The van der Waals surface area contributed by atoms with Gasteiger partial charge in [-0.1, -0.05) is 34.1 Å². The Morgan fingerprint density at radius 1 is 1.04 bits per heavy atom. The minimum atomic E-state index is -4.38. The van der Waals surface area contributed by atoms with Gasteiger partial charge in [0.25, 0.3) is 0 Å². The van der Waals surface area contributed by atoms with Crippen LogP contribution >= 0.6 is 15.9 Å². The van der Waals surface area contributed by atoms with E-state index in [1.807, 2.05) is 0 Å². The smallest absolute Gasteiger partial charge is 0.416 e. The quantitative estimate of drug-likeness (QED) is 0.573. The maximum Gasteiger partial charge on any atom is 0.416 e. The van der Waals surface area contributed by atoms with Crippen LogP contribution in [-0.4, -0.2) is 16.1 Å². The first-order valence-electron chi connectivity index (χ1n) is 7.43. The Morgan fingerprint density at radius 2 is 1.73 bits per heavy atom. The topological polar surface area (TPSA) is 50.2 Å². The molecule has 1 heterocycles. The van der Waals surface area contributed by atoms with Crippen molar-refractivity contribution in [3.05, 3.63) is 75.4 Å². The molecular formula is C19H11BrF3NO2. The summed E-state index contributed by atoms with van der Waals surface area (Å²) < 4.78 is 38.5. The minimum absolute atomic E-state index is 0.100. The molecule has 0 fully saturated rings. The van der Waals surface area contributed by atoms with Gasteiger partial charge in [0.15, 0.2) is 0 Å². The largest absolute Gasteiger partial charge is 0.478 e. The van der Waals surface area contributed by atoms with Crippen LogP contribution in [-0.2, 0) is 6.18 Å². The van der Waals surface area contributed by atoms with E-state index in [1.54, 1.807) is 30.4 Å². The van der Waals surface area contributed by atoms with E-state index in [0.717, 1.165) is 16.6 Å². The zero-order valence-corrected chi connectivity index (χ0v) is 14.7. The van der Waals surface area contributed by atoms with E-state index in [0.29, 0.717) is 22.2 Å². The summed E-state index contributed by atoms with van der Waals surface area (Å²) in [5.74, 6) is -1.08. The molecule has 3 nitrogen and oxygen atoms in total. The van der Waals surface area contributed by atoms with E-state index in [1.165, 1.54) is 18.2 Å². The van der Waals surface area contributed by atoms with Crippen molar-refractivity contribution in [2.75, 3.05) is 0 Å². The highest BCUT2D eigenvalue weighted by atomic mass is 79.9. The number of hydrogen-bond acceptors (Lipinski definition) is 2. The Morgan fingerprint density at radius 3 is 2.35 bits per heavy atom. The van der Waals surface area contributed by atoms with E-state index in [4.69, 9.17) is 0 Å². The molecule has 3 aromatic rings. The number of carbonyl (C=O) groups is 1. The number of nitrogens with zero attached hydrogens (tertiary/aromatic N) is 1. The average molecular weight is 422 g/mol. The third-order valence-electron chi connectivity index (χ3n) is 3.71. The molecule has 1 N–H and O–H groups in total. The van der Waals surface area contributed by atoms with E-state index in [9.17, 15) is 23.1 Å². The first-order valence-corrected chi connectivity index (χ1v) is 8.22. The molecule has 0 aliphatic heterocycles. The second kappa shape index (κ2) is 6.92. The Balaban J connectivity index is 1.97. The molecule has 0 bridgehead atoms. The molecular weight excluding hydrogens is 411 g/mol. The Labute approximate surface area is 154 Å². The van der Waals surface area contributed by atoms with Gasteiger partial charge in [-0.3, -0.25) is 0 Å². The highest BCUT2D eigenvalue weighted by Crippen LogP contribution is 2.29. The Bertz CT molecular complexity index is 1010. The molecule has 0 spiro atoms. The van der Waals surface area contributed by atoms with Crippen LogP contribution in [0.25, 0.3) is 23.1 Å². The zero-order chi connectivity index (χ0) is 18.9. The van der Waals surface area contributed by atoms with Gasteiger partial charge >= 0.3 is 12.1 Å². The SMILES string of the molecule is O=C(O)c1cc(/C=C/c2ccc(C(F)(F)F)cc2)nc2ccc(Br)cc12. The predicted octanol–water partition coefficient (Wildman–Crippen LogP) is 5.88. The number of aromatic nitrogens is 1. The minimum Gasteiger partial charge on any atom is -0.478 e. The lowest BCUT2D eigenvalue weighted by Crippen LogP contribution is -2.03. The summed E-state index contributed by atoms with van der Waals surface area (Å²) in [5, 5.41) is 9.92. The van der Waals surface area contributed by atoms with Gasteiger partial charge < -0.3 is 5.11 Å². The number of rotatable bonds is 3. The van der Waals surface area contributed by atoms with Crippen molar-refractivity contribution in [1.82, 2.24) is 4.98 Å². The van der Waals surface area contributed by atoms with Crippen molar-refractivity contribution in [3.63, 3.8) is 0 Å². The summed E-state index contributed by atoms with van der Waals surface area (Å²) in [7, 11) is 0. The van der Waals surface area contributed by atoms with Gasteiger partial charge in [-0.15, -0.1) is 0 Å².